The Labute approximate surface area is 122 Å². The Hall–Kier alpha value is -1.62. The van der Waals surface area contributed by atoms with Gasteiger partial charge < -0.3 is 9.42 Å². The van der Waals surface area contributed by atoms with Gasteiger partial charge >= 0.3 is 0 Å². The van der Waals surface area contributed by atoms with E-state index in [1.54, 1.807) is 13.0 Å². The molecule has 0 atom stereocenters. The molecule has 1 fully saturated rings. The van der Waals surface area contributed by atoms with Gasteiger partial charge in [0, 0.05) is 37.4 Å². The third-order valence-corrected chi connectivity index (χ3v) is 3.79. The standard InChI is InChI=1S/C14H15FN2O2.ClH/c1-9(18)17-6-4-10(5-7-17)14-12-3-2-11(15)8-13(12)19-16-14;/h2-3,8,10H,4-7H2,1H3;1H. The van der Waals surface area contributed by atoms with Gasteiger partial charge in [-0.05, 0) is 25.0 Å². The topological polar surface area (TPSA) is 46.3 Å². The Bertz CT molecular complexity index is 621. The number of rotatable bonds is 1. The summed E-state index contributed by atoms with van der Waals surface area (Å²) in [5.74, 6) is 0.0782. The van der Waals surface area contributed by atoms with Gasteiger partial charge in [-0.1, -0.05) is 5.16 Å². The van der Waals surface area contributed by atoms with E-state index in [-0.39, 0.29) is 30.0 Å². The molecule has 1 aromatic heterocycles. The number of nitrogens with zero attached hydrogens (tertiary/aromatic N) is 2. The Kier molecular flexibility index (Phi) is 4.28. The second-order valence-corrected chi connectivity index (χ2v) is 4.99. The minimum Gasteiger partial charge on any atom is -0.356 e. The van der Waals surface area contributed by atoms with Crippen molar-refractivity contribution in [3.8, 4) is 0 Å². The number of hydrogen-bond acceptors (Lipinski definition) is 3. The van der Waals surface area contributed by atoms with E-state index >= 15 is 0 Å². The lowest BCUT2D eigenvalue weighted by Crippen LogP contribution is -2.36. The normalized spacial score (nSPS) is 16.2. The number of halogens is 2. The first-order valence-corrected chi connectivity index (χ1v) is 6.45. The summed E-state index contributed by atoms with van der Waals surface area (Å²) >= 11 is 0. The molecule has 20 heavy (non-hydrogen) atoms. The van der Waals surface area contributed by atoms with E-state index in [9.17, 15) is 9.18 Å². The van der Waals surface area contributed by atoms with E-state index < -0.39 is 0 Å². The molecule has 1 saturated heterocycles. The first kappa shape index (κ1) is 14.8. The number of aromatic nitrogens is 1. The van der Waals surface area contributed by atoms with Crippen molar-refractivity contribution in [3.05, 3.63) is 29.7 Å². The fraction of sp³-hybridized carbons (Fsp3) is 0.429. The van der Waals surface area contributed by atoms with Gasteiger partial charge in [-0.25, -0.2) is 4.39 Å². The van der Waals surface area contributed by atoms with Gasteiger partial charge in [0.15, 0.2) is 5.58 Å². The van der Waals surface area contributed by atoms with Crippen LogP contribution >= 0.6 is 12.4 Å². The van der Waals surface area contributed by atoms with Crippen LogP contribution in [0.1, 0.15) is 31.4 Å². The first-order valence-electron chi connectivity index (χ1n) is 6.45. The van der Waals surface area contributed by atoms with Crippen LogP contribution in [0.25, 0.3) is 11.0 Å². The molecular formula is C14H16ClFN2O2. The number of fused-ring (bicyclic) bond motifs is 1. The van der Waals surface area contributed by atoms with Gasteiger partial charge in [-0.15, -0.1) is 12.4 Å². The molecule has 1 aliphatic heterocycles. The van der Waals surface area contributed by atoms with E-state index in [0.29, 0.717) is 5.58 Å². The first-order chi connectivity index (χ1) is 9.15. The number of likely N-dealkylation sites (tertiary alicyclic amines) is 1. The molecule has 0 bridgehead atoms. The van der Waals surface area contributed by atoms with Crippen LogP contribution in [0.5, 0.6) is 0 Å². The maximum absolute atomic E-state index is 13.1. The molecule has 0 aliphatic carbocycles. The fourth-order valence-electron chi connectivity index (χ4n) is 2.69. The van der Waals surface area contributed by atoms with E-state index in [4.69, 9.17) is 4.52 Å². The zero-order valence-corrected chi connectivity index (χ0v) is 12.0. The van der Waals surface area contributed by atoms with Gasteiger partial charge in [0.05, 0.1) is 5.69 Å². The highest BCUT2D eigenvalue weighted by atomic mass is 35.5. The number of hydrogen-bond donors (Lipinski definition) is 0. The van der Waals surface area contributed by atoms with Gasteiger partial charge in [0.25, 0.3) is 0 Å². The summed E-state index contributed by atoms with van der Waals surface area (Å²) in [5, 5.41) is 4.96. The molecule has 0 N–H and O–H groups in total. The van der Waals surface area contributed by atoms with Crippen molar-refractivity contribution in [2.45, 2.75) is 25.7 Å². The summed E-state index contributed by atoms with van der Waals surface area (Å²) in [5.41, 5.74) is 1.38. The number of carbonyl (C=O) groups is 1. The number of amides is 1. The average Bonchev–Trinajstić information content (AvgIpc) is 2.81. The predicted molar refractivity (Wildman–Crippen MR) is 75.4 cm³/mol. The molecular weight excluding hydrogens is 283 g/mol. The van der Waals surface area contributed by atoms with Crippen LogP contribution in [-0.2, 0) is 4.79 Å². The van der Waals surface area contributed by atoms with Crippen molar-refractivity contribution in [1.82, 2.24) is 10.1 Å². The zero-order valence-electron chi connectivity index (χ0n) is 11.1. The highest BCUT2D eigenvalue weighted by molar-refractivity contribution is 5.85. The Morgan fingerprint density at radius 3 is 2.75 bits per heavy atom. The molecule has 0 unspecified atom stereocenters. The van der Waals surface area contributed by atoms with E-state index in [1.165, 1.54) is 12.1 Å². The van der Waals surface area contributed by atoms with Crippen molar-refractivity contribution >= 4 is 29.3 Å². The third-order valence-electron chi connectivity index (χ3n) is 3.79. The van der Waals surface area contributed by atoms with Crippen LogP contribution in [0.15, 0.2) is 22.7 Å². The highest BCUT2D eigenvalue weighted by Crippen LogP contribution is 2.32. The molecule has 1 aromatic carbocycles. The molecule has 108 valence electrons. The summed E-state index contributed by atoms with van der Waals surface area (Å²) < 4.78 is 18.3. The Morgan fingerprint density at radius 2 is 2.10 bits per heavy atom. The van der Waals surface area contributed by atoms with Gasteiger partial charge in [-0.3, -0.25) is 4.79 Å². The summed E-state index contributed by atoms with van der Waals surface area (Å²) in [6.45, 7) is 3.08. The SMILES string of the molecule is CC(=O)N1CCC(c2noc3cc(F)ccc23)CC1.Cl. The van der Waals surface area contributed by atoms with Crippen molar-refractivity contribution in [1.29, 1.82) is 0 Å². The lowest BCUT2D eigenvalue weighted by Gasteiger charge is -2.30. The minimum atomic E-state index is -0.318. The minimum absolute atomic E-state index is 0. The fourth-order valence-corrected chi connectivity index (χ4v) is 2.69. The molecule has 0 saturated carbocycles. The lowest BCUT2D eigenvalue weighted by atomic mass is 9.91. The van der Waals surface area contributed by atoms with E-state index in [1.807, 2.05) is 4.90 Å². The average molecular weight is 299 g/mol. The highest BCUT2D eigenvalue weighted by Gasteiger charge is 2.25. The van der Waals surface area contributed by atoms with E-state index in [2.05, 4.69) is 5.16 Å². The van der Waals surface area contributed by atoms with Crippen LogP contribution < -0.4 is 0 Å². The summed E-state index contributed by atoms with van der Waals surface area (Å²) in [4.78, 5) is 13.1. The number of carbonyl (C=O) groups excluding carboxylic acids is 1. The quantitative estimate of drug-likeness (QED) is 0.812. The van der Waals surface area contributed by atoms with Crippen LogP contribution in [0.4, 0.5) is 4.39 Å². The van der Waals surface area contributed by atoms with Crippen LogP contribution in [-0.4, -0.2) is 29.1 Å². The molecule has 0 spiro atoms. The van der Waals surface area contributed by atoms with Gasteiger partial charge in [0.2, 0.25) is 5.91 Å². The molecule has 0 radical (unpaired) electrons. The summed E-state index contributed by atoms with van der Waals surface area (Å²) in [6, 6.07) is 4.50. The second kappa shape index (κ2) is 5.79. The van der Waals surface area contributed by atoms with Gasteiger partial charge in [-0.2, -0.15) is 0 Å². The number of piperidine rings is 1. The molecule has 2 aromatic rings. The molecule has 2 heterocycles. The number of benzene rings is 1. The van der Waals surface area contributed by atoms with Gasteiger partial charge in [0.1, 0.15) is 5.82 Å². The van der Waals surface area contributed by atoms with Crippen molar-refractivity contribution in [3.63, 3.8) is 0 Å². The van der Waals surface area contributed by atoms with Crippen molar-refractivity contribution < 1.29 is 13.7 Å². The summed E-state index contributed by atoms with van der Waals surface area (Å²) in [6.07, 6.45) is 1.75. The monoisotopic (exact) mass is 298 g/mol. The van der Waals surface area contributed by atoms with Crippen LogP contribution in [0.3, 0.4) is 0 Å². The second-order valence-electron chi connectivity index (χ2n) is 4.99. The maximum Gasteiger partial charge on any atom is 0.219 e. The maximum atomic E-state index is 13.1. The lowest BCUT2D eigenvalue weighted by molar-refractivity contribution is -0.129. The van der Waals surface area contributed by atoms with Crippen molar-refractivity contribution in [2.75, 3.05) is 13.1 Å². The molecule has 4 nitrogen and oxygen atoms in total. The molecule has 6 heteroatoms. The summed E-state index contributed by atoms with van der Waals surface area (Å²) in [7, 11) is 0. The third kappa shape index (κ3) is 2.63. The smallest absolute Gasteiger partial charge is 0.219 e. The Balaban J connectivity index is 0.00000147. The largest absolute Gasteiger partial charge is 0.356 e. The van der Waals surface area contributed by atoms with Crippen LogP contribution in [0, 0.1) is 5.82 Å². The molecule has 1 amide bonds. The predicted octanol–water partition coefficient (Wildman–Crippen LogP) is 3.11. The van der Waals surface area contributed by atoms with Crippen molar-refractivity contribution in [2.24, 2.45) is 0 Å². The zero-order chi connectivity index (χ0) is 13.4. The van der Waals surface area contributed by atoms with E-state index in [0.717, 1.165) is 37.0 Å². The Morgan fingerprint density at radius 1 is 1.40 bits per heavy atom. The van der Waals surface area contributed by atoms with Crippen LogP contribution in [0.2, 0.25) is 0 Å². The molecule has 1 aliphatic rings. The molecule has 3 rings (SSSR count).